The smallest absolute Gasteiger partial charge is 0.0501 e. The van der Waals surface area contributed by atoms with E-state index in [2.05, 4.69) is 37.6 Å². The topological polar surface area (TPSA) is 15.6 Å². The minimum atomic E-state index is 0.109. The van der Waals surface area contributed by atoms with Crippen LogP contribution in [0.25, 0.3) is 0 Å². The van der Waals surface area contributed by atoms with E-state index in [9.17, 15) is 0 Å². The molecule has 0 amide bonds. The first-order valence-electron chi connectivity index (χ1n) is 4.26. The molecule has 0 aromatic carbocycles. The molecule has 0 aliphatic heterocycles. The second-order valence-electron chi connectivity index (χ2n) is 3.21. The zero-order chi connectivity index (χ0) is 8.91. The van der Waals surface area contributed by atoms with E-state index in [4.69, 9.17) is 0 Å². The van der Waals surface area contributed by atoms with Gasteiger partial charge >= 0.3 is 0 Å². The molecule has 0 radical (unpaired) electrons. The maximum absolute atomic E-state index is 4.06. The van der Waals surface area contributed by atoms with Crippen LogP contribution in [0.4, 0.5) is 0 Å². The summed E-state index contributed by atoms with van der Waals surface area (Å²) < 4.78 is 0. The second-order valence-corrected chi connectivity index (χ2v) is 3.21. The molecule has 0 spiro atoms. The summed E-state index contributed by atoms with van der Waals surface area (Å²) in [6, 6.07) is 0. The van der Waals surface area contributed by atoms with Crippen molar-refractivity contribution in [2.24, 2.45) is 4.99 Å². The Hall–Kier alpha value is -0.370. The highest BCUT2D eigenvalue weighted by molar-refractivity contribution is 5.68. The van der Waals surface area contributed by atoms with Gasteiger partial charge in [-0.25, -0.2) is 0 Å². The average molecular weight is 156 g/mol. The van der Waals surface area contributed by atoms with E-state index in [0.717, 1.165) is 13.1 Å². The molecule has 0 unspecified atom stereocenters. The van der Waals surface area contributed by atoms with Gasteiger partial charge < -0.3 is 0 Å². The molecule has 0 bridgehead atoms. The van der Waals surface area contributed by atoms with Gasteiger partial charge in [0, 0.05) is 13.3 Å². The molecule has 11 heavy (non-hydrogen) atoms. The highest BCUT2D eigenvalue weighted by Gasteiger charge is 2.20. The highest BCUT2D eigenvalue weighted by atomic mass is 15.2. The summed E-state index contributed by atoms with van der Waals surface area (Å²) in [4.78, 5) is 6.43. The van der Waals surface area contributed by atoms with Gasteiger partial charge in [-0.3, -0.25) is 9.89 Å². The number of rotatable bonds is 4. The first kappa shape index (κ1) is 10.6. The maximum Gasteiger partial charge on any atom is 0.0501 e. The van der Waals surface area contributed by atoms with Crippen molar-refractivity contribution in [1.82, 2.24) is 4.90 Å². The van der Waals surface area contributed by atoms with Gasteiger partial charge in [-0.05, 0) is 26.9 Å². The van der Waals surface area contributed by atoms with Crippen molar-refractivity contribution in [3.8, 4) is 0 Å². The van der Waals surface area contributed by atoms with Crippen LogP contribution in [0, 0.1) is 0 Å². The lowest BCUT2D eigenvalue weighted by Gasteiger charge is -2.33. The SMILES string of the molecule is CCN(CC)C(C)(C)C=NC. The lowest BCUT2D eigenvalue weighted by atomic mass is 10.1. The van der Waals surface area contributed by atoms with Gasteiger partial charge in [0.1, 0.15) is 0 Å². The Morgan fingerprint density at radius 1 is 1.27 bits per heavy atom. The Morgan fingerprint density at radius 2 is 1.73 bits per heavy atom. The molecule has 0 rings (SSSR count). The van der Waals surface area contributed by atoms with Crippen molar-refractivity contribution in [2.75, 3.05) is 20.1 Å². The maximum atomic E-state index is 4.06. The molecule has 0 aliphatic rings. The van der Waals surface area contributed by atoms with Crippen LogP contribution in [0.1, 0.15) is 27.7 Å². The van der Waals surface area contributed by atoms with E-state index in [1.807, 2.05) is 13.3 Å². The predicted molar refractivity (Wildman–Crippen MR) is 51.4 cm³/mol. The Morgan fingerprint density at radius 3 is 2.00 bits per heavy atom. The first-order valence-corrected chi connectivity index (χ1v) is 4.26. The Balaban J connectivity index is 4.23. The Bertz CT molecular complexity index is 124. The van der Waals surface area contributed by atoms with Gasteiger partial charge in [-0.15, -0.1) is 0 Å². The van der Waals surface area contributed by atoms with Crippen LogP contribution >= 0.6 is 0 Å². The van der Waals surface area contributed by atoms with Crippen LogP contribution in [0.5, 0.6) is 0 Å². The molecule has 0 aliphatic carbocycles. The number of hydrogen-bond acceptors (Lipinski definition) is 2. The molecule has 0 saturated heterocycles. The average Bonchev–Trinajstić information content (AvgIpc) is 1.89. The molecule has 0 fully saturated rings. The van der Waals surface area contributed by atoms with Crippen LogP contribution in [0.15, 0.2) is 4.99 Å². The van der Waals surface area contributed by atoms with Crippen molar-refractivity contribution in [3.05, 3.63) is 0 Å². The lowest BCUT2D eigenvalue weighted by Crippen LogP contribution is -2.44. The first-order chi connectivity index (χ1) is 5.08. The van der Waals surface area contributed by atoms with Gasteiger partial charge in [0.2, 0.25) is 0 Å². The minimum Gasteiger partial charge on any atom is -0.299 e. The molecule has 0 saturated carbocycles. The summed E-state index contributed by atoms with van der Waals surface area (Å²) in [7, 11) is 1.82. The third kappa shape index (κ3) is 3.02. The van der Waals surface area contributed by atoms with Crippen LogP contribution in [-0.2, 0) is 0 Å². The van der Waals surface area contributed by atoms with E-state index < -0.39 is 0 Å². The summed E-state index contributed by atoms with van der Waals surface area (Å²) in [6.07, 6.45) is 2.00. The summed E-state index contributed by atoms with van der Waals surface area (Å²) in [5.41, 5.74) is 0.109. The fourth-order valence-electron chi connectivity index (χ4n) is 1.44. The quantitative estimate of drug-likeness (QED) is 0.567. The molecule has 0 aromatic rings. The van der Waals surface area contributed by atoms with Gasteiger partial charge in [-0.2, -0.15) is 0 Å². The van der Waals surface area contributed by atoms with Gasteiger partial charge in [0.05, 0.1) is 5.54 Å². The lowest BCUT2D eigenvalue weighted by molar-refractivity contribution is 0.202. The molecular formula is C9H20N2. The fraction of sp³-hybridized carbons (Fsp3) is 0.889. The molecule has 66 valence electrons. The number of hydrogen-bond donors (Lipinski definition) is 0. The third-order valence-corrected chi connectivity index (χ3v) is 2.02. The van der Waals surface area contributed by atoms with Crippen molar-refractivity contribution in [1.29, 1.82) is 0 Å². The van der Waals surface area contributed by atoms with E-state index in [1.54, 1.807) is 0 Å². The summed E-state index contributed by atoms with van der Waals surface area (Å²) >= 11 is 0. The molecule has 0 N–H and O–H groups in total. The van der Waals surface area contributed by atoms with Crippen LogP contribution in [0.3, 0.4) is 0 Å². The Labute approximate surface area is 70.3 Å². The zero-order valence-electron chi connectivity index (χ0n) is 8.39. The summed E-state index contributed by atoms with van der Waals surface area (Å²) in [5.74, 6) is 0. The van der Waals surface area contributed by atoms with Gasteiger partial charge in [0.25, 0.3) is 0 Å². The predicted octanol–water partition coefficient (Wildman–Crippen LogP) is 1.81. The normalized spacial score (nSPS) is 13.3. The van der Waals surface area contributed by atoms with E-state index in [1.165, 1.54) is 0 Å². The van der Waals surface area contributed by atoms with Crippen LogP contribution in [0.2, 0.25) is 0 Å². The van der Waals surface area contributed by atoms with E-state index >= 15 is 0 Å². The number of aliphatic imine (C=N–C) groups is 1. The van der Waals surface area contributed by atoms with Crippen LogP contribution in [-0.4, -0.2) is 36.8 Å². The van der Waals surface area contributed by atoms with Crippen molar-refractivity contribution in [2.45, 2.75) is 33.2 Å². The van der Waals surface area contributed by atoms with Crippen LogP contribution < -0.4 is 0 Å². The summed E-state index contributed by atoms with van der Waals surface area (Å²) in [6.45, 7) is 10.9. The third-order valence-electron chi connectivity index (χ3n) is 2.02. The standard InChI is InChI=1S/C9H20N2/c1-6-11(7-2)9(3,4)8-10-5/h8H,6-7H2,1-5H3. The van der Waals surface area contributed by atoms with E-state index in [0.29, 0.717) is 0 Å². The van der Waals surface area contributed by atoms with Crippen molar-refractivity contribution >= 4 is 6.21 Å². The van der Waals surface area contributed by atoms with Crippen molar-refractivity contribution in [3.63, 3.8) is 0 Å². The largest absolute Gasteiger partial charge is 0.299 e. The highest BCUT2D eigenvalue weighted by Crippen LogP contribution is 2.10. The second kappa shape index (κ2) is 4.50. The molecule has 2 heteroatoms. The molecule has 0 atom stereocenters. The zero-order valence-corrected chi connectivity index (χ0v) is 8.39. The number of nitrogens with zero attached hydrogens (tertiary/aromatic N) is 2. The molecule has 0 aromatic heterocycles. The minimum absolute atomic E-state index is 0.109. The fourth-order valence-corrected chi connectivity index (χ4v) is 1.44. The summed E-state index contributed by atoms with van der Waals surface area (Å²) in [5, 5.41) is 0. The van der Waals surface area contributed by atoms with Gasteiger partial charge in [0.15, 0.2) is 0 Å². The van der Waals surface area contributed by atoms with E-state index in [-0.39, 0.29) is 5.54 Å². The van der Waals surface area contributed by atoms with Crippen molar-refractivity contribution < 1.29 is 0 Å². The van der Waals surface area contributed by atoms with Gasteiger partial charge in [-0.1, -0.05) is 13.8 Å². The molecular weight excluding hydrogens is 136 g/mol. The Kier molecular flexibility index (Phi) is 4.34. The molecule has 0 heterocycles. The monoisotopic (exact) mass is 156 g/mol. The molecule has 2 nitrogen and oxygen atoms in total.